The van der Waals surface area contributed by atoms with Crippen molar-refractivity contribution in [2.75, 3.05) is 0 Å². The second-order valence-corrected chi connectivity index (χ2v) is 5.11. The molecule has 0 amide bonds. The summed E-state index contributed by atoms with van der Waals surface area (Å²) in [5, 5.41) is 2.91. The molecule has 15 heavy (non-hydrogen) atoms. The van der Waals surface area contributed by atoms with Gasteiger partial charge in [0.2, 0.25) is 0 Å². The molecule has 0 spiro atoms. The molecule has 3 nitrogen and oxygen atoms in total. The van der Waals surface area contributed by atoms with Crippen LogP contribution in [0.15, 0.2) is 4.79 Å². The molecule has 1 aromatic rings. The van der Waals surface area contributed by atoms with E-state index in [4.69, 9.17) is 0 Å². The largest absolute Gasteiger partial charge is 0.289 e. The van der Waals surface area contributed by atoms with E-state index >= 15 is 0 Å². The summed E-state index contributed by atoms with van der Waals surface area (Å²) in [6, 6.07) is 0. The summed E-state index contributed by atoms with van der Waals surface area (Å²) in [7, 11) is 0. The van der Waals surface area contributed by atoms with Crippen molar-refractivity contribution in [2.24, 2.45) is 11.8 Å². The molecule has 0 bridgehead atoms. The molecular formula is C12H22N2O. The first-order valence-electron chi connectivity index (χ1n) is 5.70. The summed E-state index contributed by atoms with van der Waals surface area (Å²) < 4.78 is 1.98. The number of hydrogen-bond acceptors (Lipinski definition) is 1. The van der Waals surface area contributed by atoms with Gasteiger partial charge in [-0.1, -0.05) is 27.7 Å². The highest BCUT2D eigenvalue weighted by Gasteiger charge is 2.12. The molecule has 0 aromatic carbocycles. The lowest BCUT2D eigenvalue weighted by molar-refractivity contribution is 0.472. The summed E-state index contributed by atoms with van der Waals surface area (Å²) in [4.78, 5) is 11.7. The van der Waals surface area contributed by atoms with Gasteiger partial charge in [0.25, 0.3) is 5.56 Å². The Morgan fingerprint density at radius 2 is 1.80 bits per heavy atom. The Balaban J connectivity index is 2.98. The Morgan fingerprint density at radius 1 is 1.20 bits per heavy atom. The molecule has 0 saturated carbocycles. The molecule has 1 aromatic heterocycles. The third kappa shape index (κ3) is 2.98. The van der Waals surface area contributed by atoms with Crippen LogP contribution in [0.5, 0.6) is 0 Å². The summed E-state index contributed by atoms with van der Waals surface area (Å²) in [6.45, 7) is 11.5. The van der Waals surface area contributed by atoms with Gasteiger partial charge in [-0.15, -0.1) is 0 Å². The zero-order valence-corrected chi connectivity index (χ0v) is 10.4. The molecule has 0 aliphatic carbocycles. The Morgan fingerprint density at radius 3 is 2.27 bits per heavy atom. The number of nitrogens with one attached hydrogen (secondary N) is 1. The minimum absolute atomic E-state index is 0.0850. The topological polar surface area (TPSA) is 37.8 Å². The predicted octanol–water partition coefficient (Wildman–Crippen LogP) is 2.34. The van der Waals surface area contributed by atoms with Crippen LogP contribution in [0.3, 0.4) is 0 Å². The van der Waals surface area contributed by atoms with Crippen LogP contribution in [0.4, 0.5) is 0 Å². The van der Waals surface area contributed by atoms with E-state index in [1.165, 1.54) is 0 Å². The van der Waals surface area contributed by atoms with Crippen LogP contribution in [-0.2, 0) is 13.0 Å². The van der Waals surface area contributed by atoms with Gasteiger partial charge in [0, 0.05) is 17.8 Å². The number of aromatic amines is 1. The first-order chi connectivity index (χ1) is 6.91. The lowest BCUT2D eigenvalue weighted by Crippen LogP contribution is -2.11. The van der Waals surface area contributed by atoms with Gasteiger partial charge < -0.3 is 0 Å². The second kappa shape index (κ2) is 4.69. The molecule has 0 aliphatic heterocycles. The smallest absolute Gasteiger partial charge is 0.267 e. The predicted molar refractivity (Wildman–Crippen MR) is 63.2 cm³/mol. The fraction of sp³-hybridized carbons (Fsp3) is 0.750. The van der Waals surface area contributed by atoms with Gasteiger partial charge in [0.1, 0.15) is 0 Å². The van der Waals surface area contributed by atoms with Gasteiger partial charge in [-0.05, 0) is 25.2 Å². The summed E-state index contributed by atoms with van der Waals surface area (Å²) in [6.07, 6.45) is 0.867. The van der Waals surface area contributed by atoms with Crippen molar-refractivity contribution in [1.29, 1.82) is 0 Å². The Labute approximate surface area is 91.5 Å². The van der Waals surface area contributed by atoms with Gasteiger partial charge in [-0.2, -0.15) is 0 Å². The molecule has 0 unspecified atom stereocenters. The normalized spacial score (nSPS) is 11.7. The maximum atomic E-state index is 11.7. The van der Waals surface area contributed by atoms with Crippen molar-refractivity contribution in [3.8, 4) is 0 Å². The highest BCUT2D eigenvalue weighted by atomic mass is 16.1. The molecule has 0 aliphatic rings. The van der Waals surface area contributed by atoms with E-state index in [0.29, 0.717) is 11.8 Å². The average molecular weight is 210 g/mol. The summed E-state index contributed by atoms with van der Waals surface area (Å²) in [5.41, 5.74) is 2.13. The van der Waals surface area contributed by atoms with Gasteiger partial charge in [-0.3, -0.25) is 14.6 Å². The Kier molecular flexibility index (Phi) is 3.77. The van der Waals surface area contributed by atoms with E-state index in [1.54, 1.807) is 0 Å². The van der Waals surface area contributed by atoms with Gasteiger partial charge in [0.15, 0.2) is 0 Å². The van der Waals surface area contributed by atoms with Crippen LogP contribution < -0.4 is 5.56 Å². The lowest BCUT2D eigenvalue weighted by Gasteiger charge is -2.09. The molecule has 1 rings (SSSR count). The van der Waals surface area contributed by atoms with Crippen LogP contribution >= 0.6 is 0 Å². The van der Waals surface area contributed by atoms with Crippen LogP contribution in [0.25, 0.3) is 0 Å². The summed E-state index contributed by atoms with van der Waals surface area (Å²) in [5.74, 6) is 1.08. The van der Waals surface area contributed by atoms with Crippen molar-refractivity contribution in [1.82, 2.24) is 9.78 Å². The van der Waals surface area contributed by atoms with Crippen LogP contribution in [0.2, 0.25) is 0 Å². The molecule has 1 heterocycles. The van der Waals surface area contributed by atoms with E-state index in [-0.39, 0.29) is 5.56 Å². The standard InChI is InChI=1S/C12H22N2O/c1-8(2)6-11-10(5)14(7-9(3)4)13-12(11)15/h8-9H,6-7H2,1-5H3,(H,13,15). The molecule has 0 radical (unpaired) electrons. The Bertz CT molecular complexity index is 371. The quantitative estimate of drug-likeness (QED) is 0.813. The molecule has 0 atom stereocenters. The number of nitrogens with zero attached hydrogens (tertiary/aromatic N) is 1. The van der Waals surface area contributed by atoms with Gasteiger partial charge in [0.05, 0.1) is 0 Å². The minimum atomic E-state index is 0.0850. The molecule has 86 valence electrons. The van der Waals surface area contributed by atoms with Crippen molar-refractivity contribution < 1.29 is 0 Å². The van der Waals surface area contributed by atoms with E-state index in [2.05, 4.69) is 32.8 Å². The van der Waals surface area contributed by atoms with Crippen LogP contribution in [0, 0.1) is 18.8 Å². The average Bonchev–Trinajstić information content (AvgIpc) is 2.31. The first-order valence-corrected chi connectivity index (χ1v) is 5.70. The van der Waals surface area contributed by atoms with Crippen LogP contribution in [-0.4, -0.2) is 9.78 Å². The Hall–Kier alpha value is -0.990. The SMILES string of the molecule is Cc1c(CC(C)C)c(=O)[nH]n1CC(C)C. The molecule has 1 N–H and O–H groups in total. The monoisotopic (exact) mass is 210 g/mol. The summed E-state index contributed by atoms with van der Waals surface area (Å²) >= 11 is 0. The number of hydrogen-bond donors (Lipinski definition) is 1. The fourth-order valence-electron chi connectivity index (χ4n) is 1.80. The number of H-pyrrole nitrogens is 1. The molecular weight excluding hydrogens is 188 g/mol. The van der Waals surface area contributed by atoms with Crippen LogP contribution in [0.1, 0.15) is 39.0 Å². The molecule has 0 fully saturated rings. The third-order valence-electron chi connectivity index (χ3n) is 2.51. The zero-order chi connectivity index (χ0) is 11.6. The maximum Gasteiger partial charge on any atom is 0.267 e. The van der Waals surface area contributed by atoms with Crippen molar-refractivity contribution in [3.63, 3.8) is 0 Å². The van der Waals surface area contributed by atoms with Gasteiger partial charge in [-0.25, -0.2) is 0 Å². The third-order valence-corrected chi connectivity index (χ3v) is 2.51. The first kappa shape index (κ1) is 12.1. The van der Waals surface area contributed by atoms with E-state index < -0.39 is 0 Å². The van der Waals surface area contributed by atoms with Crippen molar-refractivity contribution in [3.05, 3.63) is 21.6 Å². The lowest BCUT2D eigenvalue weighted by atomic mass is 10.0. The van der Waals surface area contributed by atoms with Crippen molar-refractivity contribution >= 4 is 0 Å². The number of rotatable bonds is 4. The zero-order valence-electron chi connectivity index (χ0n) is 10.4. The molecule has 0 saturated heterocycles. The van der Waals surface area contributed by atoms with Gasteiger partial charge >= 0.3 is 0 Å². The van der Waals surface area contributed by atoms with Crippen molar-refractivity contribution in [2.45, 2.75) is 47.6 Å². The van der Waals surface area contributed by atoms with E-state index in [9.17, 15) is 4.79 Å². The number of aromatic nitrogens is 2. The second-order valence-electron chi connectivity index (χ2n) is 5.11. The maximum absolute atomic E-state index is 11.7. The molecule has 3 heteroatoms. The highest BCUT2D eigenvalue weighted by molar-refractivity contribution is 5.16. The van der Waals surface area contributed by atoms with E-state index in [0.717, 1.165) is 24.2 Å². The fourth-order valence-corrected chi connectivity index (χ4v) is 1.80. The van der Waals surface area contributed by atoms with E-state index in [1.807, 2.05) is 11.6 Å². The highest BCUT2D eigenvalue weighted by Crippen LogP contribution is 2.10. The minimum Gasteiger partial charge on any atom is -0.289 e.